The van der Waals surface area contributed by atoms with Gasteiger partial charge in [-0.05, 0) is 49.4 Å². The fourth-order valence-corrected chi connectivity index (χ4v) is 3.42. The minimum Gasteiger partial charge on any atom is -0.322 e. The van der Waals surface area contributed by atoms with E-state index in [2.05, 4.69) is 5.32 Å². The van der Waals surface area contributed by atoms with Gasteiger partial charge in [0.15, 0.2) is 11.6 Å². The second-order valence-electron chi connectivity index (χ2n) is 6.19. The van der Waals surface area contributed by atoms with Crippen molar-refractivity contribution < 1.29 is 14.4 Å². The van der Waals surface area contributed by atoms with E-state index < -0.39 is 0 Å². The van der Waals surface area contributed by atoms with Crippen LogP contribution in [-0.2, 0) is 0 Å². The lowest BCUT2D eigenvalue weighted by atomic mass is 10.1. The summed E-state index contributed by atoms with van der Waals surface area (Å²) in [6.45, 7) is 1.50. The SMILES string of the molecule is CC(=O)c1ccc(NC(=O)c2cccc(SCC(=O)c3ccccc3)c2)cc1. The van der Waals surface area contributed by atoms with Crippen LogP contribution in [0.2, 0.25) is 0 Å². The molecule has 0 atom stereocenters. The Balaban J connectivity index is 1.62. The van der Waals surface area contributed by atoms with Crippen LogP contribution in [0.1, 0.15) is 38.0 Å². The Hall–Kier alpha value is -3.18. The second kappa shape index (κ2) is 9.15. The molecule has 0 aliphatic carbocycles. The topological polar surface area (TPSA) is 63.2 Å². The van der Waals surface area contributed by atoms with Crippen molar-refractivity contribution >= 4 is 34.9 Å². The number of Topliss-reactive ketones (excluding diaryl/α,β-unsaturated/α-hetero) is 2. The molecule has 0 aromatic heterocycles. The molecule has 140 valence electrons. The molecule has 28 heavy (non-hydrogen) atoms. The maximum absolute atomic E-state index is 12.5. The Morgan fingerprint density at radius 1 is 0.786 bits per heavy atom. The summed E-state index contributed by atoms with van der Waals surface area (Å²) < 4.78 is 0. The van der Waals surface area contributed by atoms with Gasteiger partial charge in [0.2, 0.25) is 0 Å². The molecule has 0 aliphatic rings. The number of carbonyl (C=O) groups excluding carboxylic acids is 3. The second-order valence-corrected chi connectivity index (χ2v) is 7.24. The Morgan fingerprint density at radius 2 is 1.46 bits per heavy atom. The molecule has 0 saturated carbocycles. The Bertz CT molecular complexity index is 998. The number of carbonyl (C=O) groups is 3. The first-order chi connectivity index (χ1) is 13.5. The minimum absolute atomic E-state index is 0.0207. The largest absolute Gasteiger partial charge is 0.322 e. The average Bonchev–Trinajstić information content (AvgIpc) is 2.73. The highest BCUT2D eigenvalue weighted by molar-refractivity contribution is 8.00. The molecule has 3 rings (SSSR count). The lowest BCUT2D eigenvalue weighted by molar-refractivity contribution is 0.101. The van der Waals surface area contributed by atoms with E-state index in [1.807, 2.05) is 24.3 Å². The molecule has 0 fully saturated rings. The van der Waals surface area contributed by atoms with Crippen LogP contribution in [0.5, 0.6) is 0 Å². The van der Waals surface area contributed by atoms with E-state index >= 15 is 0 Å². The van der Waals surface area contributed by atoms with Crippen molar-refractivity contribution in [2.45, 2.75) is 11.8 Å². The third kappa shape index (κ3) is 5.18. The van der Waals surface area contributed by atoms with Gasteiger partial charge >= 0.3 is 0 Å². The zero-order valence-electron chi connectivity index (χ0n) is 15.3. The Morgan fingerprint density at radius 3 is 2.14 bits per heavy atom. The molecule has 5 heteroatoms. The number of hydrogen-bond donors (Lipinski definition) is 1. The van der Waals surface area contributed by atoms with Gasteiger partial charge in [0.05, 0.1) is 5.75 Å². The summed E-state index contributed by atoms with van der Waals surface area (Å²) in [5.41, 5.74) is 2.40. The first-order valence-electron chi connectivity index (χ1n) is 8.76. The molecule has 0 heterocycles. The van der Waals surface area contributed by atoms with Crippen molar-refractivity contribution in [3.05, 3.63) is 95.6 Å². The van der Waals surface area contributed by atoms with E-state index in [9.17, 15) is 14.4 Å². The average molecular weight is 389 g/mol. The molecule has 4 nitrogen and oxygen atoms in total. The molecule has 3 aromatic rings. The van der Waals surface area contributed by atoms with Crippen molar-refractivity contribution in [2.24, 2.45) is 0 Å². The van der Waals surface area contributed by atoms with E-state index in [-0.39, 0.29) is 17.5 Å². The summed E-state index contributed by atoms with van der Waals surface area (Å²) in [6.07, 6.45) is 0. The molecule has 1 amide bonds. The van der Waals surface area contributed by atoms with Crippen molar-refractivity contribution in [1.29, 1.82) is 0 Å². The number of ketones is 2. The summed E-state index contributed by atoms with van der Waals surface area (Å²) in [7, 11) is 0. The van der Waals surface area contributed by atoms with Crippen LogP contribution in [0.25, 0.3) is 0 Å². The number of rotatable bonds is 7. The lowest BCUT2D eigenvalue weighted by Gasteiger charge is -2.08. The predicted octanol–water partition coefficient (Wildman–Crippen LogP) is 5.12. The van der Waals surface area contributed by atoms with E-state index in [0.717, 1.165) is 4.90 Å². The van der Waals surface area contributed by atoms with Gasteiger partial charge in [0.1, 0.15) is 0 Å². The van der Waals surface area contributed by atoms with Gasteiger partial charge in [-0.3, -0.25) is 14.4 Å². The summed E-state index contributed by atoms with van der Waals surface area (Å²) in [5, 5.41) is 2.82. The van der Waals surface area contributed by atoms with Gasteiger partial charge in [0, 0.05) is 27.3 Å². The van der Waals surface area contributed by atoms with Gasteiger partial charge in [-0.15, -0.1) is 11.8 Å². The summed E-state index contributed by atoms with van der Waals surface area (Å²) in [6, 6.07) is 23.1. The summed E-state index contributed by atoms with van der Waals surface area (Å²) >= 11 is 1.40. The highest BCUT2D eigenvalue weighted by atomic mass is 32.2. The number of nitrogens with one attached hydrogen (secondary N) is 1. The van der Waals surface area contributed by atoms with Crippen LogP contribution in [-0.4, -0.2) is 23.2 Å². The Labute approximate surface area is 168 Å². The highest BCUT2D eigenvalue weighted by Crippen LogP contribution is 2.21. The zero-order chi connectivity index (χ0) is 19.9. The number of amides is 1. The van der Waals surface area contributed by atoms with Crippen LogP contribution in [0.3, 0.4) is 0 Å². The smallest absolute Gasteiger partial charge is 0.255 e. The molecule has 0 saturated heterocycles. The van der Waals surface area contributed by atoms with Gasteiger partial charge in [-0.1, -0.05) is 36.4 Å². The summed E-state index contributed by atoms with van der Waals surface area (Å²) in [4.78, 5) is 36.9. The normalized spacial score (nSPS) is 10.3. The van der Waals surface area contributed by atoms with Crippen molar-refractivity contribution in [3.63, 3.8) is 0 Å². The molecular formula is C23H19NO3S. The molecule has 0 unspecified atom stereocenters. The van der Waals surface area contributed by atoms with Gasteiger partial charge < -0.3 is 5.32 Å². The minimum atomic E-state index is -0.243. The van der Waals surface area contributed by atoms with Gasteiger partial charge in [-0.25, -0.2) is 0 Å². The molecular weight excluding hydrogens is 370 g/mol. The monoisotopic (exact) mass is 389 g/mol. The molecule has 0 aliphatic heterocycles. The summed E-state index contributed by atoms with van der Waals surface area (Å²) in [5.74, 6) is 0.0905. The molecule has 0 radical (unpaired) electrons. The predicted molar refractivity (Wildman–Crippen MR) is 112 cm³/mol. The zero-order valence-corrected chi connectivity index (χ0v) is 16.2. The van der Waals surface area contributed by atoms with Crippen LogP contribution >= 0.6 is 11.8 Å². The number of hydrogen-bond acceptors (Lipinski definition) is 4. The first kappa shape index (κ1) is 19.6. The van der Waals surface area contributed by atoms with Crippen molar-refractivity contribution in [1.82, 2.24) is 0 Å². The molecule has 3 aromatic carbocycles. The maximum atomic E-state index is 12.5. The number of anilines is 1. The van der Waals surface area contributed by atoms with E-state index in [1.54, 1.807) is 54.6 Å². The van der Waals surface area contributed by atoms with E-state index in [4.69, 9.17) is 0 Å². The lowest BCUT2D eigenvalue weighted by Crippen LogP contribution is -2.12. The van der Waals surface area contributed by atoms with Gasteiger partial charge in [0.25, 0.3) is 5.91 Å². The fourth-order valence-electron chi connectivity index (χ4n) is 2.57. The first-order valence-corrected chi connectivity index (χ1v) is 9.75. The van der Waals surface area contributed by atoms with Crippen LogP contribution in [0.4, 0.5) is 5.69 Å². The number of thioether (sulfide) groups is 1. The Kier molecular flexibility index (Phi) is 6.40. The molecule has 0 spiro atoms. The maximum Gasteiger partial charge on any atom is 0.255 e. The third-order valence-electron chi connectivity index (χ3n) is 4.11. The highest BCUT2D eigenvalue weighted by Gasteiger charge is 2.10. The number of benzene rings is 3. The van der Waals surface area contributed by atoms with E-state index in [1.165, 1.54) is 18.7 Å². The van der Waals surface area contributed by atoms with Gasteiger partial charge in [-0.2, -0.15) is 0 Å². The molecule has 1 N–H and O–H groups in total. The van der Waals surface area contributed by atoms with Crippen LogP contribution < -0.4 is 5.32 Å². The quantitative estimate of drug-likeness (QED) is 0.450. The third-order valence-corrected chi connectivity index (χ3v) is 5.11. The fraction of sp³-hybridized carbons (Fsp3) is 0.0870. The standard InChI is InChI=1S/C23H19NO3S/c1-16(25)17-10-12-20(13-11-17)24-23(27)19-8-5-9-21(14-19)28-15-22(26)18-6-3-2-4-7-18/h2-14H,15H2,1H3,(H,24,27). The van der Waals surface area contributed by atoms with Crippen molar-refractivity contribution in [2.75, 3.05) is 11.1 Å². The van der Waals surface area contributed by atoms with Crippen LogP contribution in [0, 0.1) is 0 Å². The molecule has 0 bridgehead atoms. The van der Waals surface area contributed by atoms with E-state index in [0.29, 0.717) is 28.1 Å². The van der Waals surface area contributed by atoms with Crippen molar-refractivity contribution in [3.8, 4) is 0 Å². The van der Waals surface area contributed by atoms with Crippen LogP contribution in [0.15, 0.2) is 83.8 Å².